The Balaban J connectivity index is 1.73. The third kappa shape index (κ3) is 1.44. The van der Waals surface area contributed by atoms with Crippen molar-refractivity contribution in [1.29, 1.82) is 0 Å². The standard InChI is InChI=1S/C10H18O/c1-11-10-6-9(7-10)8-4-2-3-5-8/h8-10H,2-7H2,1H3. The van der Waals surface area contributed by atoms with Gasteiger partial charge in [-0.15, -0.1) is 0 Å². The van der Waals surface area contributed by atoms with Crippen LogP contribution in [0.5, 0.6) is 0 Å². The van der Waals surface area contributed by atoms with E-state index in [1.54, 1.807) is 0 Å². The van der Waals surface area contributed by atoms with Crippen LogP contribution in [0.1, 0.15) is 38.5 Å². The Hall–Kier alpha value is -0.0400. The van der Waals surface area contributed by atoms with Crippen LogP contribution in [0.3, 0.4) is 0 Å². The Bertz CT molecular complexity index is 121. The van der Waals surface area contributed by atoms with Gasteiger partial charge in [-0.25, -0.2) is 0 Å². The molecule has 0 heterocycles. The third-order valence-electron chi connectivity index (χ3n) is 3.53. The molecule has 2 aliphatic carbocycles. The normalized spacial score (nSPS) is 39.0. The highest BCUT2D eigenvalue weighted by atomic mass is 16.5. The summed E-state index contributed by atoms with van der Waals surface area (Å²) in [4.78, 5) is 0. The van der Waals surface area contributed by atoms with Gasteiger partial charge < -0.3 is 4.74 Å². The van der Waals surface area contributed by atoms with Crippen molar-refractivity contribution in [3.8, 4) is 0 Å². The monoisotopic (exact) mass is 154 g/mol. The van der Waals surface area contributed by atoms with Crippen molar-refractivity contribution < 1.29 is 4.74 Å². The Morgan fingerprint density at radius 2 is 1.64 bits per heavy atom. The fraction of sp³-hybridized carbons (Fsp3) is 1.00. The second-order valence-electron chi connectivity index (χ2n) is 4.13. The summed E-state index contributed by atoms with van der Waals surface area (Å²) in [5.74, 6) is 2.10. The second-order valence-corrected chi connectivity index (χ2v) is 4.13. The van der Waals surface area contributed by atoms with Gasteiger partial charge in [0.2, 0.25) is 0 Å². The fourth-order valence-electron chi connectivity index (χ4n) is 2.61. The van der Waals surface area contributed by atoms with Crippen LogP contribution >= 0.6 is 0 Å². The number of hydrogen-bond donors (Lipinski definition) is 0. The van der Waals surface area contributed by atoms with Gasteiger partial charge in [0.25, 0.3) is 0 Å². The molecule has 1 heteroatoms. The topological polar surface area (TPSA) is 9.23 Å². The van der Waals surface area contributed by atoms with Gasteiger partial charge >= 0.3 is 0 Å². The van der Waals surface area contributed by atoms with E-state index in [0.29, 0.717) is 6.10 Å². The van der Waals surface area contributed by atoms with Gasteiger partial charge in [-0.1, -0.05) is 25.7 Å². The molecule has 0 aromatic rings. The maximum atomic E-state index is 5.28. The van der Waals surface area contributed by atoms with Crippen molar-refractivity contribution in [2.24, 2.45) is 11.8 Å². The van der Waals surface area contributed by atoms with Crippen LogP contribution in [0.15, 0.2) is 0 Å². The summed E-state index contributed by atoms with van der Waals surface area (Å²) in [6.07, 6.45) is 9.28. The zero-order valence-electron chi connectivity index (χ0n) is 7.38. The van der Waals surface area contributed by atoms with Crippen molar-refractivity contribution >= 4 is 0 Å². The molecule has 0 bridgehead atoms. The zero-order chi connectivity index (χ0) is 7.68. The molecule has 0 spiro atoms. The van der Waals surface area contributed by atoms with Crippen molar-refractivity contribution in [2.45, 2.75) is 44.6 Å². The molecule has 64 valence electrons. The molecule has 2 saturated carbocycles. The molecule has 2 rings (SSSR count). The van der Waals surface area contributed by atoms with Gasteiger partial charge in [-0.2, -0.15) is 0 Å². The Kier molecular flexibility index (Phi) is 2.17. The highest BCUT2D eigenvalue weighted by Gasteiger charge is 2.35. The molecular weight excluding hydrogens is 136 g/mol. The quantitative estimate of drug-likeness (QED) is 0.594. The highest BCUT2D eigenvalue weighted by Crippen LogP contribution is 2.42. The van der Waals surface area contributed by atoms with Gasteiger partial charge in [0, 0.05) is 7.11 Å². The predicted octanol–water partition coefficient (Wildman–Crippen LogP) is 2.60. The van der Waals surface area contributed by atoms with Crippen LogP contribution in [0.25, 0.3) is 0 Å². The fourth-order valence-corrected chi connectivity index (χ4v) is 2.61. The lowest BCUT2D eigenvalue weighted by Crippen LogP contribution is -2.34. The van der Waals surface area contributed by atoms with Crippen LogP contribution in [0, 0.1) is 11.8 Å². The smallest absolute Gasteiger partial charge is 0.0576 e. The van der Waals surface area contributed by atoms with E-state index in [-0.39, 0.29) is 0 Å². The van der Waals surface area contributed by atoms with E-state index in [1.807, 2.05) is 7.11 Å². The van der Waals surface area contributed by atoms with Crippen molar-refractivity contribution in [3.63, 3.8) is 0 Å². The van der Waals surface area contributed by atoms with Crippen LogP contribution < -0.4 is 0 Å². The summed E-state index contributed by atoms with van der Waals surface area (Å²) in [5.41, 5.74) is 0. The summed E-state index contributed by atoms with van der Waals surface area (Å²) < 4.78 is 5.28. The molecular formula is C10H18O. The van der Waals surface area contributed by atoms with Crippen LogP contribution in [0.4, 0.5) is 0 Å². The minimum Gasteiger partial charge on any atom is -0.381 e. The van der Waals surface area contributed by atoms with E-state index in [9.17, 15) is 0 Å². The lowest BCUT2D eigenvalue weighted by atomic mass is 9.73. The Morgan fingerprint density at radius 3 is 2.18 bits per heavy atom. The predicted molar refractivity (Wildman–Crippen MR) is 45.5 cm³/mol. The number of rotatable bonds is 2. The molecule has 2 aliphatic rings. The minimum atomic E-state index is 0.612. The molecule has 11 heavy (non-hydrogen) atoms. The summed E-state index contributed by atoms with van der Waals surface area (Å²) in [7, 11) is 1.84. The van der Waals surface area contributed by atoms with Crippen LogP contribution in [-0.2, 0) is 4.74 Å². The van der Waals surface area contributed by atoms with Gasteiger partial charge in [0.1, 0.15) is 0 Å². The lowest BCUT2D eigenvalue weighted by Gasteiger charge is -2.38. The van der Waals surface area contributed by atoms with Crippen LogP contribution in [-0.4, -0.2) is 13.2 Å². The molecule has 0 unspecified atom stereocenters. The first-order valence-electron chi connectivity index (χ1n) is 4.93. The van der Waals surface area contributed by atoms with Gasteiger partial charge in [-0.05, 0) is 24.7 Å². The summed E-state index contributed by atoms with van der Waals surface area (Å²) >= 11 is 0. The van der Waals surface area contributed by atoms with Gasteiger partial charge in [0.15, 0.2) is 0 Å². The molecule has 0 aromatic carbocycles. The molecule has 0 aliphatic heterocycles. The van der Waals surface area contributed by atoms with Crippen molar-refractivity contribution in [3.05, 3.63) is 0 Å². The lowest BCUT2D eigenvalue weighted by molar-refractivity contribution is -0.0192. The molecule has 0 amide bonds. The van der Waals surface area contributed by atoms with E-state index < -0.39 is 0 Å². The number of methoxy groups -OCH3 is 1. The SMILES string of the molecule is COC1CC(C2CCCC2)C1. The molecule has 0 saturated heterocycles. The second kappa shape index (κ2) is 3.14. The summed E-state index contributed by atoms with van der Waals surface area (Å²) in [5, 5.41) is 0. The van der Waals surface area contributed by atoms with E-state index in [1.165, 1.54) is 38.5 Å². The van der Waals surface area contributed by atoms with E-state index >= 15 is 0 Å². The summed E-state index contributed by atoms with van der Waals surface area (Å²) in [6, 6.07) is 0. The Labute approximate surface area is 69.1 Å². The average molecular weight is 154 g/mol. The molecule has 2 fully saturated rings. The van der Waals surface area contributed by atoms with Crippen LogP contribution in [0.2, 0.25) is 0 Å². The first-order valence-corrected chi connectivity index (χ1v) is 4.93. The molecule has 0 radical (unpaired) electrons. The molecule has 0 aromatic heterocycles. The molecule has 0 N–H and O–H groups in total. The van der Waals surface area contributed by atoms with E-state index in [4.69, 9.17) is 4.74 Å². The van der Waals surface area contributed by atoms with Gasteiger partial charge in [-0.3, -0.25) is 0 Å². The maximum Gasteiger partial charge on any atom is 0.0576 e. The number of hydrogen-bond acceptors (Lipinski definition) is 1. The van der Waals surface area contributed by atoms with E-state index in [2.05, 4.69) is 0 Å². The first kappa shape index (κ1) is 7.60. The van der Waals surface area contributed by atoms with Crippen molar-refractivity contribution in [2.75, 3.05) is 7.11 Å². The molecule has 0 atom stereocenters. The number of ether oxygens (including phenoxy) is 1. The summed E-state index contributed by atoms with van der Waals surface area (Å²) in [6.45, 7) is 0. The first-order chi connectivity index (χ1) is 5.40. The van der Waals surface area contributed by atoms with Crippen molar-refractivity contribution in [1.82, 2.24) is 0 Å². The maximum absolute atomic E-state index is 5.28. The largest absolute Gasteiger partial charge is 0.381 e. The minimum absolute atomic E-state index is 0.612. The highest BCUT2D eigenvalue weighted by molar-refractivity contribution is 4.87. The van der Waals surface area contributed by atoms with E-state index in [0.717, 1.165) is 11.8 Å². The average Bonchev–Trinajstić information content (AvgIpc) is 2.37. The third-order valence-corrected chi connectivity index (χ3v) is 3.53. The van der Waals surface area contributed by atoms with Gasteiger partial charge in [0.05, 0.1) is 6.10 Å². The zero-order valence-corrected chi connectivity index (χ0v) is 7.38. The Morgan fingerprint density at radius 1 is 1.00 bits per heavy atom. The molecule has 1 nitrogen and oxygen atoms in total.